The van der Waals surface area contributed by atoms with Gasteiger partial charge in [-0.05, 0) is 19.8 Å². The van der Waals surface area contributed by atoms with Crippen molar-refractivity contribution in [3.05, 3.63) is 12.2 Å². The predicted molar refractivity (Wildman–Crippen MR) is 76.6 cm³/mol. The van der Waals surface area contributed by atoms with E-state index in [-0.39, 0.29) is 17.7 Å². The summed E-state index contributed by atoms with van der Waals surface area (Å²) in [6.07, 6.45) is 0.359. The van der Waals surface area contributed by atoms with Crippen LogP contribution < -0.4 is 0 Å². The largest absolute Gasteiger partial charge is 0.342 e. The molecule has 0 saturated carbocycles. The van der Waals surface area contributed by atoms with Crippen molar-refractivity contribution in [3.63, 3.8) is 0 Å². The molecule has 0 aromatic carbocycles. The zero-order valence-corrected chi connectivity index (χ0v) is 12.6. The molecule has 1 aliphatic rings. The highest BCUT2D eigenvalue weighted by atomic mass is 16.2. The van der Waals surface area contributed by atoms with Crippen molar-refractivity contribution in [2.24, 2.45) is 11.8 Å². The summed E-state index contributed by atoms with van der Waals surface area (Å²) in [5.74, 6) is 0.463. The smallest absolute Gasteiger partial charge is 0.228 e. The lowest BCUT2D eigenvalue weighted by Gasteiger charge is -2.24. The monoisotopic (exact) mass is 266 g/mol. The first kappa shape index (κ1) is 15.7. The molecular weight excluding hydrogens is 240 g/mol. The summed E-state index contributed by atoms with van der Waals surface area (Å²) < 4.78 is 0. The molecule has 19 heavy (non-hydrogen) atoms. The van der Waals surface area contributed by atoms with Crippen molar-refractivity contribution in [3.8, 4) is 0 Å². The number of nitrogens with zero attached hydrogens (tertiary/aromatic N) is 2. The minimum atomic E-state index is -0.175. The molecule has 0 aromatic rings. The molecular formula is C15H26N2O2. The molecule has 1 heterocycles. The topological polar surface area (TPSA) is 40.6 Å². The molecule has 1 rings (SSSR count). The van der Waals surface area contributed by atoms with Crippen molar-refractivity contribution < 1.29 is 9.59 Å². The van der Waals surface area contributed by atoms with Crippen LogP contribution in [0.2, 0.25) is 0 Å². The lowest BCUT2D eigenvalue weighted by atomic mass is 10.1. The highest BCUT2D eigenvalue weighted by Crippen LogP contribution is 2.21. The van der Waals surface area contributed by atoms with Gasteiger partial charge in [-0.3, -0.25) is 9.59 Å². The van der Waals surface area contributed by atoms with Gasteiger partial charge in [-0.1, -0.05) is 26.0 Å². The lowest BCUT2D eigenvalue weighted by Crippen LogP contribution is -2.38. The second-order valence-corrected chi connectivity index (χ2v) is 5.90. The van der Waals surface area contributed by atoms with Crippen molar-refractivity contribution >= 4 is 11.8 Å². The number of rotatable bonds is 6. The van der Waals surface area contributed by atoms with Crippen LogP contribution in [0.3, 0.4) is 0 Å². The molecule has 1 saturated heterocycles. The number of hydrogen-bond acceptors (Lipinski definition) is 2. The van der Waals surface area contributed by atoms with E-state index in [0.29, 0.717) is 32.0 Å². The Morgan fingerprint density at radius 2 is 2.16 bits per heavy atom. The summed E-state index contributed by atoms with van der Waals surface area (Å²) in [4.78, 5) is 27.9. The number of likely N-dealkylation sites (tertiary alicyclic amines) is 1. The van der Waals surface area contributed by atoms with Gasteiger partial charge in [0.1, 0.15) is 0 Å². The van der Waals surface area contributed by atoms with Gasteiger partial charge >= 0.3 is 0 Å². The van der Waals surface area contributed by atoms with Gasteiger partial charge in [-0.2, -0.15) is 0 Å². The van der Waals surface area contributed by atoms with Crippen LogP contribution in [0, 0.1) is 11.8 Å². The minimum Gasteiger partial charge on any atom is -0.342 e. The molecule has 108 valence electrons. The second-order valence-electron chi connectivity index (χ2n) is 5.90. The number of likely N-dealkylation sites (N-methyl/N-ethyl adjacent to an activating group) is 1. The highest BCUT2D eigenvalue weighted by molar-refractivity contribution is 5.89. The summed E-state index contributed by atoms with van der Waals surface area (Å²) in [6.45, 7) is 14.5. The van der Waals surface area contributed by atoms with Gasteiger partial charge in [-0.25, -0.2) is 0 Å². The van der Waals surface area contributed by atoms with Gasteiger partial charge in [0.15, 0.2) is 0 Å². The van der Waals surface area contributed by atoms with Gasteiger partial charge in [-0.15, -0.1) is 0 Å². The quantitative estimate of drug-likeness (QED) is 0.689. The van der Waals surface area contributed by atoms with Gasteiger partial charge in [0.25, 0.3) is 0 Å². The van der Waals surface area contributed by atoms with E-state index in [1.165, 1.54) is 0 Å². The van der Waals surface area contributed by atoms with Crippen molar-refractivity contribution in [1.82, 2.24) is 9.80 Å². The van der Waals surface area contributed by atoms with Crippen LogP contribution in [0.15, 0.2) is 12.2 Å². The van der Waals surface area contributed by atoms with Gasteiger partial charge < -0.3 is 9.80 Å². The van der Waals surface area contributed by atoms with Gasteiger partial charge in [0.05, 0.1) is 5.92 Å². The molecule has 1 aliphatic heterocycles. The fourth-order valence-corrected chi connectivity index (χ4v) is 2.48. The molecule has 4 heteroatoms. The Hall–Kier alpha value is -1.32. The van der Waals surface area contributed by atoms with E-state index in [2.05, 4.69) is 20.4 Å². The van der Waals surface area contributed by atoms with Crippen LogP contribution in [0.1, 0.15) is 34.1 Å². The fourth-order valence-electron chi connectivity index (χ4n) is 2.48. The third-order valence-electron chi connectivity index (χ3n) is 3.30. The third-order valence-corrected chi connectivity index (χ3v) is 3.30. The third kappa shape index (κ3) is 4.37. The zero-order valence-electron chi connectivity index (χ0n) is 12.6. The Morgan fingerprint density at radius 3 is 2.63 bits per heavy atom. The SMILES string of the molecule is C=C(C)CN(CC)C(=O)[C@H]1CC(=O)N(CC(C)C)C1. The van der Waals surface area contributed by atoms with Gasteiger partial charge in [0.2, 0.25) is 11.8 Å². The van der Waals surface area contributed by atoms with Gasteiger partial charge in [0, 0.05) is 32.6 Å². The van der Waals surface area contributed by atoms with Crippen LogP contribution in [0.4, 0.5) is 0 Å². The second kappa shape index (κ2) is 6.73. The molecule has 0 N–H and O–H groups in total. The molecule has 0 unspecified atom stereocenters. The zero-order chi connectivity index (χ0) is 14.6. The van der Waals surface area contributed by atoms with Crippen LogP contribution in [0.5, 0.6) is 0 Å². The normalized spacial score (nSPS) is 19.1. The minimum absolute atomic E-state index is 0.0881. The first-order valence-corrected chi connectivity index (χ1v) is 7.06. The maximum atomic E-state index is 12.4. The fraction of sp³-hybridized carbons (Fsp3) is 0.733. The Kier molecular flexibility index (Phi) is 5.58. The standard InChI is InChI=1S/C15H26N2O2/c1-6-16(8-11(2)3)15(19)13-7-14(18)17(10-13)9-12(4)5/h12-13H,2,6-10H2,1,3-5H3/t13-/m0/s1. The summed E-state index contributed by atoms with van der Waals surface area (Å²) in [7, 11) is 0. The molecule has 0 aromatic heterocycles. The highest BCUT2D eigenvalue weighted by Gasteiger charge is 2.36. The molecule has 0 aliphatic carbocycles. The van der Waals surface area contributed by atoms with E-state index >= 15 is 0 Å². The van der Waals surface area contributed by atoms with E-state index in [1.807, 2.05) is 18.7 Å². The Bertz CT molecular complexity index is 363. The van der Waals surface area contributed by atoms with Crippen LogP contribution in [-0.4, -0.2) is 47.8 Å². The Morgan fingerprint density at radius 1 is 1.53 bits per heavy atom. The average Bonchev–Trinajstić information content (AvgIpc) is 2.66. The van der Waals surface area contributed by atoms with E-state index in [0.717, 1.165) is 12.1 Å². The van der Waals surface area contributed by atoms with E-state index in [4.69, 9.17) is 0 Å². The van der Waals surface area contributed by atoms with Crippen molar-refractivity contribution in [2.45, 2.75) is 34.1 Å². The average molecular weight is 266 g/mol. The summed E-state index contributed by atoms with van der Waals surface area (Å²) in [6, 6.07) is 0. The predicted octanol–water partition coefficient (Wildman–Crippen LogP) is 1.92. The first-order valence-electron chi connectivity index (χ1n) is 7.06. The van der Waals surface area contributed by atoms with Crippen LogP contribution in [-0.2, 0) is 9.59 Å². The van der Waals surface area contributed by atoms with Crippen LogP contribution in [0.25, 0.3) is 0 Å². The summed E-state index contributed by atoms with van der Waals surface area (Å²) in [5, 5.41) is 0. The van der Waals surface area contributed by atoms with E-state index in [1.54, 1.807) is 4.90 Å². The number of carbonyl (C=O) groups excluding carboxylic acids is 2. The molecule has 4 nitrogen and oxygen atoms in total. The maximum Gasteiger partial charge on any atom is 0.228 e. The van der Waals surface area contributed by atoms with Crippen molar-refractivity contribution in [1.29, 1.82) is 0 Å². The van der Waals surface area contributed by atoms with E-state index in [9.17, 15) is 9.59 Å². The lowest BCUT2D eigenvalue weighted by molar-refractivity contribution is -0.135. The summed E-state index contributed by atoms with van der Waals surface area (Å²) in [5.41, 5.74) is 0.971. The molecule has 1 atom stereocenters. The molecule has 1 fully saturated rings. The first-order chi connectivity index (χ1) is 8.85. The maximum absolute atomic E-state index is 12.4. The number of hydrogen-bond donors (Lipinski definition) is 0. The van der Waals surface area contributed by atoms with Crippen molar-refractivity contribution in [2.75, 3.05) is 26.2 Å². The number of amides is 2. The Labute approximate surface area is 116 Å². The molecule has 0 radical (unpaired) electrons. The van der Waals surface area contributed by atoms with Crippen LogP contribution >= 0.6 is 0 Å². The molecule has 0 bridgehead atoms. The van der Waals surface area contributed by atoms with E-state index < -0.39 is 0 Å². The summed E-state index contributed by atoms with van der Waals surface area (Å²) >= 11 is 0. The molecule has 0 spiro atoms. The Balaban J connectivity index is 2.63. The number of carbonyl (C=O) groups is 2. The molecule has 2 amide bonds.